The molecule has 7 rings (SSSR count). The monoisotopic (exact) mass is 582 g/mol. The molecule has 4 heterocycles. The van der Waals surface area contributed by atoms with Crippen LogP contribution >= 0.6 is 22.9 Å². The molecule has 1 unspecified atom stereocenters. The van der Waals surface area contributed by atoms with E-state index < -0.39 is 0 Å². The number of thiophene rings is 1. The zero-order chi connectivity index (χ0) is 28.6. The van der Waals surface area contributed by atoms with Gasteiger partial charge in [0.2, 0.25) is 0 Å². The molecule has 2 amide bonds. The summed E-state index contributed by atoms with van der Waals surface area (Å²) in [7, 11) is 3.74. The SMILES string of the molecule is Cc1csc2c(O)cc3c(c12)C(CCl)CN3C(=O)c1cc2cc(NC(=O)c3cc4ccccc4n3C)ccc2n1C. The number of halogens is 1. The van der Waals surface area contributed by atoms with Crippen molar-refractivity contribution >= 4 is 78.0 Å². The van der Waals surface area contributed by atoms with Gasteiger partial charge in [0.15, 0.2) is 0 Å². The Bertz CT molecular complexity index is 2050. The third kappa shape index (κ3) is 3.85. The van der Waals surface area contributed by atoms with Gasteiger partial charge in [-0.25, -0.2) is 0 Å². The van der Waals surface area contributed by atoms with Gasteiger partial charge in [0, 0.05) is 71.4 Å². The molecular weight excluding hydrogens is 556 g/mol. The summed E-state index contributed by atoms with van der Waals surface area (Å²) in [5.74, 6) is 0.156. The number of aromatic nitrogens is 2. The second kappa shape index (κ2) is 9.39. The van der Waals surface area contributed by atoms with Crippen molar-refractivity contribution in [2.24, 2.45) is 14.1 Å². The highest BCUT2D eigenvalue weighted by Crippen LogP contribution is 2.48. The van der Waals surface area contributed by atoms with Gasteiger partial charge in [-0.2, -0.15) is 0 Å². The molecule has 0 bridgehead atoms. The average molecular weight is 583 g/mol. The maximum atomic E-state index is 14.0. The minimum Gasteiger partial charge on any atom is -0.506 e. The molecule has 3 aromatic heterocycles. The molecule has 0 saturated carbocycles. The zero-order valence-electron chi connectivity index (χ0n) is 22.7. The lowest BCUT2D eigenvalue weighted by Crippen LogP contribution is -2.31. The minimum absolute atomic E-state index is 0.0299. The Labute approximate surface area is 245 Å². The first-order valence-corrected chi connectivity index (χ1v) is 14.7. The van der Waals surface area contributed by atoms with E-state index in [9.17, 15) is 14.7 Å². The molecule has 0 saturated heterocycles. The number of amides is 2. The topological polar surface area (TPSA) is 79.5 Å². The predicted molar refractivity (Wildman–Crippen MR) is 167 cm³/mol. The molecule has 0 radical (unpaired) electrons. The Hall–Kier alpha value is -4.27. The van der Waals surface area contributed by atoms with Gasteiger partial charge in [-0.1, -0.05) is 18.2 Å². The highest BCUT2D eigenvalue weighted by atomic mass is 35.5. The van der Waals surface area contributed by atoms with E-state index in [1.54, 1.807) is 11.0 Å². The van der Waals surface area contributed by atoms with Crippen molar-refractivity contribution < 1.29 is 14.7 Å². The highest BCUT2D eigenvalue weighted by molar-refractivity contribution is 7.17. The molecule has 2 N–H and O–H groups in total. The Kier molecular flexibility index (Phi) is 5.88. The number of phenolic OH excluding ortho intramolecular Hbond substituents is 1. The molecule has 41 heavy (non-hydrogen) atoms. The Morgan fingerprint density at radius 1 is 1.00 bits per heavy atom. The van der Waals surface area contributed by atoms with Gasteiger partial charge < -0.3 is 24.5 Å². The van der Waals surface area contributed by atoms with Gasteiger partial charge in [-0.3, -0.25) is 9.59 Å². The van der Waals surface area contributed by atoms with Crippen molar-refractivity contribution in [3.63, 3.8) is 0 Å². The largest absolute Gasteiger partial charge is 0.506 e. The Morgan fingerprint density at radius 3 is 2.51 bits per heavy atom. The van der Waals surface area contributed by atoms with Gasteiger partial charge >= 0.3 is 0 Å². The van der Waals surface area contributed by atoms with Gasteiger partial charge in [0.25, 0.3) is 11.8 Å². The van der Waals surface area contributed by atoms with E-state index in [0.717, 1.165) is 43.0 Å². The van der Waals surface area contributed by atoms with Crippen molar-refractivity contribution in [1.82, 2.24) is 9.13 Å². The number of aryl methyl sites for hydroxylation is 3. The van der Waals surface area contributed by atoms with Crippen LogP contribution in [0, 0.1) is 6.92 Å². The van der Waals surface area contributed by atoms with E-state index in [2.05, 4.69) is 5.32 Å². The molecule has 7 nitrogen and oxygen atoms in total. The Morgan fingerprint density at radius 2 is 1.73 bits per heavy atom. The van der Waals surface area contributed by atoms with Crippen molar-refractivity contribution in [1.29, 1.82) is 0 Å². The number of fused-ring (bicyclic) bond motifs is 5. The lowest BCUT2D eigenvalue weighted by molar-refractivity contribution is 0.0979. The molecule has 1 atom stereocenters. The zero-order valence-corrected chi connectivity index (χ0v) is 24.3. The van der Waals surface area contributed by atoms with Crippen LogP contribution in [0.15, 0.2) is 66.0 Å². The van der Waals surface area contributed by atoms with E-state index in [1.165, 1.54) is 11.3 Å². The number of carbonyl (C=O) groups excluding carboxylic acids is 2. The first-order chi connectivity index (χ1) is 19.8. The summed E-state index contributed by atoms with van der Waals surface area (Å²) in [5, 5.41) is 18.7. The molecule has 0 fully saturated rings. The fraction of sp³-hybridized carbons (Fsp3) is 0.188. The number of rotatable bonds is 4. The third-order valence-electron chi connectivity index (χ3n) is 8.26. The quantitative estimate of drug-likeness (QED) is 0.217. The second-order valence-corrected chi connectivity index (χ2v) is 11.9. The fourth-order valence-corrected chi connectivity index (χ4v) is 7.44. The summed E-state index contributed by atoms with van der Waals surface area (Å²) in [6, 6.07) is 19.0. The summed E-state index contributed by atoms with van der Waals surface area (Å²) in [5.41, 5.74) is 6.39. The molecule has 1 aliphatic rings. The van der Waals surface area contributed by atoms with Gasteiger partial charge in [0.1, 0.15) is 17.1 Å². The van der Waals surface area contributed by atoms with E-state index in [1.807, 2.05) is 90.1 Å². The number of anilines is 2. The van der Waals surface area contributed by atoms with E-state index in [4.69, 9.17) is 11.6 Å². The predicted octanol–water partition coefficient (Wildman–Crippen LogP) is 7.13. The summed E-state index contributed by atoms with van der Waals surface area (Å²) in [6.45, 7) is 2.47. The first-order valence-electron chi connectivity index (χ1n) is 13.3. The molecule has 206 valence electrons. The van der Waals surface area contributed by atoms with E-state index in [-0.39, 0.29) is 23.5 Å². The number of phenols is 1. The van der Waals surface area contributed by atoms with Crippen molar-refractivity contribution in [2.45, 2.75) is 12.8 Å². The van der Waals surface area contributed by atoms with Crippen LogP contribution in [0.25, 0.3) is 31.9 Å². The maximum Gasteiger partial charge on any atom is 0.274 e. The van der Waals surface area contributed by atoms with Crippen LogP contribution in [-0.2, 0) is 14.1 Å². The van der Waals surface area contributed by atoms with Gasteiger partial charge in [-0.15, -0.1) is 22.9 Å². The summed E-state index contributed by atoms with van der Waals surface area (Å²) in [6.07, 6.45) is 0. The van der Waals surface area contributed by atoms with Crippen LogP contribution in [0.5, 0.6) is 5.75 Å². The number of hydrogen-bond donors (Lipinski definition) is 2. The number of nitrogens with one attached hydrogen (secondary N) is 1. The highest BCUT2D eigenvalue weighted by Gasteiger charge is 2.36. The van der Waals surface area contributed by atoms with Crippen molar-refractivity contribution in [2.75, 3.05) is 22.6 Å². The molecule has 6 aromatic rings. The standard InChI is InChI=1S/C32H27ClN4O3S/c1-17-16-41-30-27(38)13-24-29(28(17)30)20(14-33)15-37(24)32(40)26-12-19-10-21(8-9-23(19)36(26)3)34-31(39)25-11-18-6-4-5-7-22(18)35(25)2/h4-13,16,20,38H,14-15H2,1-3H3,(H,34,39). The normalized spacial score (nSPS) is 14.8. The number of alkyl halides is 1. The van der Waals surface area contributed by atoms with Crippen LogP contribution in [0.1, 0.15) is 38.0 Å². The maximum absolute atomic E-state index is 14.0. The molecule has 0 aliphatic carbocycles. The molecule has 9 heteroatoms. The molecular formula is C32H27ClN4O3S. The number of para-hydroxylation sites is 1. The first kappa shape index (κ1) is 25.7. The van der Waals surface area contributed by atoms with Crippen molar-refractivity contribution in [3.8, 4) is 5.75 Å². The average Bonchev–Trinajstić information content (AvgIpc) is 3.71. The van der Waals surface area contributed by atoms with Crippen LogP contribution in [0.3, 0.4) is 0 Å². The number of aromatic hydroxyl groups is 1. The van der Waals surface area contributed by atoms with Gasteiger partial charge in [-0.05, 0) is 59.8 Å². The fourth-order valence-electron chi connectivity index (χ4n) is 6.21. The van der Waals surface area contributed by atoms with E-state index >= 15 is 0 Å². The summed E-state index contributed by atoms with van der Waals surface area (Å²) < 4.78 is 4.58. The van der Waals surface area contributed by atoms with Crippen LogP contribution < -0.4 is 10.2 Å². The van der Waals surface area contributed by atoms with E-state index in [0.29, 0.717) is 35.2 Å². The third-order valence-corrected chi connectivity index (χ3v) is 9.76. The lowest BCUT2D eigenvalue weighted by atomic mass is 9.97. The minimum atomic E-state index is -0.203. The molecule has 1 aliphatic heterocycles. The summed E-state index contributed by atoms with van der Waals surface area (Å²) in [4.78, 5) is 28.9. The summed E-state index contributed by atoms with van der Waals surface area (Å²) >= 11 is 7.91. The smallest absolute Gasteiger partial charge is 0.274 e. The van der Waals surface area contributed by atoms with Crippen molar-refractivity contribution in [3.05, 3.63) is 88.6 Å². The number of benzene rings is 3. The van der Waals surface area contributed by atoms with Crippen LogP contribution in [0.4, 0.5) is 11.4 Å². The second-order valence-electron chi connectivity index (χ2n) is 10.7. The number of carbonyl (C=O) groups is 2. The number of nitrogens with zero attached hydrogens (tertiary/aromatic N) is 3. The molecule has 3 aromatic carbocycles. The number of hydrogen-bond acceptors (Lipinski definition) is 4. The lowest BCUT2D eigenvalue weighted by Gasteiger charge is -2.18. The molecule has 0 spiro atoms. The van der Waals surface area contributed by atoms with Gasteiger partial charge in [0.05, 0.1) is 10.4 Å². The Balaban J connectivity index is 1.22. The van der Waals surface area contributed by atoms with Crippen LogP contribution in [-0.4, -0.2) is 38.5 Å². The van der Waals surface area contributed by atoms with Crippen LogP contribution in [0.2, 0.25) is 0 Å².